The third-order valence-electron chi connectivity index (χ3n) is 3.26. The minimum atomic E-state index is -0.869. The second kappa shape index (κ2) is 9.58. The van der Waals surface area contributed by atoms with Gasteiger partial charge in [0, 0.05) is 11.4 Å². The first kappa shape index (κ1) is 22.0. The summed E-state index contributed by atoms with van der Waals surface area (Å²) in [5.74, 6) is 0. The van der Waals surface area contributed by atoms with Crippen LogP contribution in [-0.2, 0) is 4.74 Å². The number of thiocarbonyl (C=S) groups is 1. The van der Waals surface area contributed by atoms with Crippen LogP contribution in [0.5, 0.6) is 0 Å². The Morgan fingerprint density at radius 3 is 2.25 bits per heavy atom. The Morgan fingerprint density at radius 1 is 1.17 bits per heavy atom. The van der Waals surface area contributed by atoms with E-state index in [1.54, 1.807) is 11.8 Å². The molecule has 0 aromatic heterocycles. The third-order valence-corrected chi connectivity index (χ3v) is 6.16. The predicted octanol–water partition coefficient (Wildman–Crippen LogP) is 6.05. The van der Waals surface area contributed by atoms with Crippen LogP contribution in [-0.4, -0.2) is 26.3 Å². The highest BCUT2D eigenvalue weighted by Gasteiger charge is 2.30. The summed E-state index contributed by atoms with van der Waals surface area (Å²) in [4.78, 5) is 0. The molecule has 136 valence electrons. The first-order valence-electron chi connectivity index (χ1n) is 8.28. The molecule has 1 aromatic rings. The van der Waals surface area contributed by atoms with Gasteiger partial charge in [-0.05, 0) is 24.3 Å². The second-order valence-electron chi connectivity index (χ2n) is 7.64. The van der Waals surface area contributed by atoms with Crippen molar-refractivity contribution in [1.82, 2.24) is 0 Å². The number of benzene rings is 1. The van der Waals surface area contributed by atoms with Gasteiger partial charge in [-0.3, -0.25) is 0 Å². The molecule has 0 aliphatic heterocycles. The monoisotopic (exact) mass is 386 g/mol. The van der Waals surface area contributed by atoms with Crippen LogP contribution >= 0.6 is 35.7 Å². The van der Waals surface area contributed by atoms with Crippen LogP contribution in [0.2, 0.25) is 0 Å². The van der Waals surface area contributed by atoms with Crippen molar-refractivity contribution in [3.63, 3.8) is 0 Å². The number of thioether (sulfide) groups is 2. The highest BCUT2D eigenvalue weighted by molar-refractivity contribution is 8.47. The summed E-state index contributed by atoms with van der Waals surface area (Å²) in [5.41, 5.74) is 1.28. The molecule has 0 aliphatic carbocycles. The van der Waals surface area contributed by atoms with Gasteiger partial charge in [-0.1, -0.05) is 88.9 Å². The highest BCUT2D eigenvalue weighted by atomic mass is 32.2. The minimum absolute atomic E-state index is 0.0557. The molecule has 0 radical (unpaired) electrons. The van der Waals surface area contributed by atoms with Gasteiger partial charge in [0.25, 0.3) is 0 Å². The fourth-order valence-corrected chi connectivity index (χ4v) is 6.68. The van der Waals surface area contributed by atoms with Gasteiger partial charge in [-0.15, -0.1) is 11.8 Å². The van der Waals surface area contributed by atoms with Crippen molar-refractivity contribution in [3.05, 3.63) is 35.9 Å². The van der Waals surface area contributed by atoms with Crippen molar-refractivity contribution in [1.29, 1.82) is 0 Å². The lowest BCUT2D eigenvalue weighted by molar-refractivity contribution is -0.0945. The first-order valence-corrected chi connectivity index (χ1v) is 10.4. The van der Waals surface area contributed by atoms with E-state index < -0.39 is 6.29 Å². The van der Waals surface area contributed by atoms with E-state index in [1.165, 1.54) is 11.8 Å². The zero-order valence-electron chi connectivity index (χ0n) is 15.5. The zero-order valence-corrected chi connectivity index (χ0v) is 18.0. The van der Waals surface area contributed by atoms with Crippen molar-refractivity contribution in [2.75, 3.05) is 6.61 Å². The standard InChI is InChI=1S/C19H30O2S3/c1-7-21-16(20)15(14-11-9-8-10-12-14)23-17(22)24-19(5,6)13-18(2,3)4/h8-12,15-16,20H,7,13H2,1-6H3. The van der Waals surface area contributed by atoms with Crippen molar-refractivity contribution in [2.24, 2.45) is 5.41 Å². The van der Waals surface area contributed by atoms with Gasteiger partial charge in [-0.2, -0.15) is 0 Å². The van der Waals surface area contributed by atoms with E-state index in [1.807, 2.05) is 37.3 Å². The van der Waals surface area contributed by atoms with Gasteiger partial charge in [0.05, 0.1) is 5.25 Å². The molecule has 0 amide bonds. The fourth-order valence-electron chi connectivity index (χ4n) is 2.86. The lowest BCUT2D eigenvalue weighted by atomic mass is 9.86. The molecular formula is C19H30O2S3. The van der Waals surface area contributed by atoms with Crippen LogP contribution in [0.1, 0.15) is 58.8 Å². The molecule has 0 fully saturated rings. The number of rotatable bonds is 7. The van der Waals surface area contributed by atoms with Gasteiger partial charge < -0.3 is 9.84 Å². The van der Waals surface area contributed by atoms with Gasteiger partial charge in [0.2, 0.25) is 0 Å². The zero-order chi connectivity index (χ0) is 18.4. The molecule has 0 heterocycles. The van der Waals surface area contributed by atoms with Crippen molar-refractivity contribution >= 4 is 39.3 Å². The summed E-state index contributed by atoms with van der Waals surface area (Å²) in [7, 11) is 0. The maximum Gasteiger partial charge on any atom is 0.170 e. The van der Waals surface area contributed by atoms with E-state index in [0.717, 1.165) is 15.5 Å². The van der Waals surface area contributed by atoms with Gasteiger partial charge >= 0.3 is 0 Å². The Labute approximate surface area is 161 Å². The Bertz CT molecular complexity index is 509. The summed E-state index contributed by atoms with van der Waals surface area (Å²) in [6, 6.07) is 9.93. The summed E-state index contributed by atoms with van der Waals surface area (Å²) >= 11 is 8.86. The molecule has 0 saturated carbocycles. The largest absolute Gasteiger partial charge is 0.367 e. The topological polar surface area (TPSA) is 29.5 Å². The quantitative estimate of drug-likeness (QED) is 0.455. The van der Waals surface area contributed by atoms with E-state index in [9.17, 15) is 5.11 Å². The minimum Gasteiger partial charge on any atom is -0.367 e. The maximum absolute atomic E-state index is 10.4. The molecule has 2 atom stereocenters. The highest BCUT2D eigenvalue weighted by Crippen LogP contribution is 2.43. The lowest BCUT2D eigenvalue weighted by Crippen LogP contribution is -2.25. The Hall–Kier alpha value is -0.0700. The van der Waals surface area contributed by atoms with Crippen molar-refractivity contribution in [3.8, 4) is 0 Å². The van der Waals surface area contributed by atoms with Crippen LogP contribution in [0.4, 0.5) is 0 Å². The van der Waals surface area contributed by atoms with E-state index in [-0.39, 0.29) is 15.4 Å². The number of aliphatic hydroxyl groups is 1. The van der Waals surface area contributed by atoms with Crippen LogP contribution in [0.15, 0.2) is 30.3 Å². The van der Waals surface area contributed by atoms with Gasteiger partial charge in [-0.25, -0.2) is 0 Å². The molecule has 1 rings (SSSR count). The summed E-state index contributed by atoms with van der Waals surface area (Å²) < 4.78 is 6.34. The first-order chi connectivity index (χ1) is 11.0. The second-order valence-corrected chi connectivity index (χ2v) is 11.7. The van der Waals surface area contributed by atoms with Crippen LogP contribution in [0, 0.1) is 5.41 Å². The third kappa shape index (κ3) is 8.34. The molecule has 5 heteroatoms. The fraction of sp³-hybridized carbons (Fsp3) is 0.632. The van der Waals surface area contributed by atoms with Crippen LogP contribution < -0.4 is 0 Å². The molecule has 1 aromatic carbocycles. The molecule has 24 heavy (non-hydrogen) atoms. The molecule has 0 saturated heterocycles. The molecular weight excluding hydrogens is 356 g/mol. The van der Waals surface area contributed by atoms with E-state index in [2.05, 4.69) is 34.6 Å². The van der Waals surface area contributed by atoms with E-state index in [0.29, 0.717) is 6.61 Å². The van der Waals surface area contributed by atoms with Gasteiger partial charge in [0.15, 0.2) is 6.29 Å². The summed E-state index contributed by atoms with van der Waals surface area (Å²) in [5, 5.41) is 10.2. The summed E-state index contributed by atoms with van der Waals surface area (Å²) in [6.07, 6.45) is 0.196. The summed E-state index contributed by atoms with van der Waals surface area (Å²) in [6.45, 7) is 13.6. The molecule has 0 aliphatic rings. The average molecular weight is 387 g/mol. The van der Waals surface area contributed by atoms with Gasteiger partial charge in [0.1, 0.15) is 3.53 Å². The molecule has 0 bridgehead atoms. The Kier molecular flexibility index (Phi) is 8.77. The molecule has 2 unspecified atom stereocenters. The van der Waals surface area contributed by atoms with Crippen LogP contribution in [0.25, 0.3) is 0 Å². The number of hydrogen-bond donors (Lipinski definition) is 1. The number of ether oxygens (including phenoxy) is 1. The normalized spacial score (nSPS) is 15.1. The Balaban J connectivity index is 2.81. The Morgan fingerprint density at radius 2 is 1.75 bits per heavy atom. The van der Waals surface area contributed by atoms with Crippen LogP contribution in [0.3, 0.4) is 0 Å². The van der Waals surface area contributed by atoms with E-state index in [4.69, 9.17) is 17.0 Å². The lowest BCUT2D eigenvalue weighted by Gasteiger charge is -2.32. The molecule has 0 spiro atoms. The average Bonchev–Trinajstić information content (AvgIpc) is 2.42. The van der Waals surface area contributed by atoms with Crippen molar-refractivity contribution in [2.45, 2.75) is 64.3 Å². The SMILES string of the molecule is CCOC(O)C(SC(=S)SC(C)(C)CC(C)(C)C)c1ccccc1. The predicted molar refractivity (Wildman–Crippen MR) is 113 cm³/mol. The molecule has 1 N–H and O–H groups in total. The molecule has 2 nitrogen and oxygen atoms in total. The number of aliphatic hydroxyl groups excluding tert-OH is 1. The van der Waals surface area contributed by atoms with E-state index >= 15 is 0 Å². The smallest absolute Gasteiger partial charge is 0.170 e. The maximum atomic E-state index is 10.4. The number of hydrogen-bond acceptors (Lipinski definition) is 5. The van der Waals surface area contributed by atoms with Crippen molar-refractivity contribution < 1.29 is 9.84 Å².